The molecular weight excluding hydrogens is 286 g/mol. The van der Waals surface area contributed by atoms with E-state index < -0.39 is 0 Å². The number of hydrogen-bond donors (Lipinski definition) is 1. The van der Waals surface area contributed by atoms with Crippen molar-refractivity contribution in [2.24, 2.45) is 0 Å². The molecule has 0 aliphatic carbocycles. The molecule has 0 fully saturated rings. The SMILES string of the molecule is CNC(c1ccc(COC)o1)c1ccoc1Br. The summed E-state index contributed by atoms with van der Waals surface area (Å²) in [7, 11) is 3.52. The highest BCUT2D eigenvalue weighted by atomic mass is 79.9. The summed E-state index contributed by atoms with van der Waals surface area (Å²) in [6.07, 6.45) is 1.64. The lowest BCUT2D eigenvalue weighted by molar-refractivity contribution is 0.162. The van der Waals surface area contributed by atoms with Crippen LogP contribution < -0.4 is 5.32 Å². The van der Waals surface area contributed by atoms with Crippen molar-refractivity contribution in [2.45, 2.75) is 12.6 Å². The standard InChI is InChI=1S/C12H14BrNO3/c1-14-11(9-5-6-16-12(9)13)10-4-3-8(17-10)7-15-2/h3-6,11,14H,7H2,1-2H3. The maximum Gasteiger partial charge on any atom is 0.174 e. The van der Waals surface area contributed by atoms with Gasteiger partial charge in [-0.25, -0.2) is 0 Å². The molecule has 0 bridgehead atoms. The first-order chi connectivity index (χ1) is 8.26. The normalized spacial score (nSPS) is 12.9. The van der Waals surface area contributed by atoms with Crippen LogP contribution in [0, 0.1) is 0 Å². The van der Waals surface area contributed by atoms with Crippen LogP contribution in [0.2, 0.25) is 0 Å². The van der Waals surface area contributed by atoms with Crippen molar-refractivity contribution in [2.75, 3.05) is 14.2 Å². The summed E-state index contributed by atoms with van der Waals surface area (Å²) in [4.78, 5) is 0. The van der Waals surface area contributed by atoms with Crippen molar-refractivity contribution in [1.29, 1.82) is 0 Å². The van der Waals surface area contributed by atoms with Crippen LogP contribution in [0.3, 0.4) is 0 Å². The Balaban J connectivity index is 2.26. The van der Waals surface area contributed by atoms with E-state index in [0.29, 0.717) is 11.3 Å². The van der Waals surface area contributed by atoms with Gasteiger partial charge in [-0.1, -0.05) is 0 Å². The fourth-order valence-corrected chi connectivity index (χ4v) is 2.20. The van der Waals surface area contributed by atoms with E-state index in [2.05, 4.69) is 21.2 Å². The number of hydrogen-bond acceptors (Lipinski definition) is 4. The number of furan rings is 2. The zero-order valence-corrected chi connectivity index (χ0v) is 11.3. The average Bonchev–Trinajstić information content (AvgIpc) is 2.92. The van der Waals surface area contributed by atoms with Crippen LogP contribution in [0.25, 0.3) is 0 Å². The molecule has 0 saturated carbocycles. The van der Waals surface area contributed by atoms with Crippen LogP contribution >= 0.6 is 15.9 Å². The Morgan fingerprint density at radius 2 is 2.24 bits per heavy atom. The lowest BCUT2D eigenvalue weighted by Gasteiger charge is -2.12. The fraction of sp³-hybridized carbons (Fsp3) is 0.333. The maximum atomic E-state index is 5.71. The maximum absolute atomic E-state index is 5.71. The van der Waals surface area contributed by atoms with E-state index in [1.807, 2.05) is 25.2 Å². The molecule has 1 atom stereocenters. The third kappa shape index (κ3) is 2.62. The van der Waals surface area contributed by atoms with Crippen LogP contribution in [-0.4, -0.2) is 14.2 Å². The molecule has 5 heteroatoms. The quantitative estimate of drug-likeness (QED) is 0.922. The van der Waals surface area contributed by atoms with Gasteiger partial charge in [0.2, 0.25) is 0 Å². The Bertz CT molecular complexity index is 478. The lowest BCUT2D eigenvalue weighted by Crippen LogP contribution is -2.16. The van der Waals surface area contributed by atoms with Gasteiger partial charge in [-0.3, -0.25) is 0 Å². The second-order valence-electron chi connectivity index (χ2n) is 3.61. The second kappa shape index (κ2) is 5.53. The van der Waals surface area contributed by atoms with Crippen molar-refractivity contribution in [3.05, 3.63) is 46.2 Å². The molecule has 1 unspecified atom stereocenters. The van der Waals surface area contributed by atoms with Crippen LogP contribution in [-0.2, 0) is 11.3 Å². The van der Waals surface area contributed by atoms with Gasteiger partial charge in [0.25, 0.3) is 0 Å². The van der Waals surface area contributed by atoms with Gasteiger partial charge in [0.1, 0.15) is 18.1 Å². The van der Waals surface area contributed by atoms with Gasteiger partial charge in [-0.05, 0) is 41.2 Å². The van der Waals surface area contributed by atoms with Crippen molar-refractivity contribution >= 4 is 15.9 Å². The molecule has 4 nitrogen and oxygen atoms in total. The predicted octanol–water partition coefficient (Wildman–Crippen LogP) is 3.09. The lowest BCUT2D eigenvalue weighted by atomic mass is 10.1. The summed E-state index contributed by atoms with van der Waals surface area (Å²) in [6, 6.07) is 5.73. The first kappa shape index (κ1) is 12.4. The molecule has 0 aliphatic rings. The molecule has 2 aromatic rings. The highest BCUT2D eigenvalue weighted by molar-refractivity contribution is 9.10. The highest BCUT2D eigenvalue weighted by Crippen LogP contribution is 2.30. The van der Waals surface area contributed by atoms with E-state index in [1.54, 1.807) is 13.4 Å². The Kier molecular flexibility index (Phi) is 4.04. The van der Waals surface area contributed by atoms with Crippen LogP contribution in [0.5, 0.6) is 0 Å². The monoisotopic (exact) mass is 299 g/mol. The zero-order valence-electron chi connectivity index (χ0n) is 9.70. The molecule has 0 amide bonds. The van der Waals surface area contributed by atoms with Crippen molar-refractivity contribution < 1.29 is 13.6 Å². The van der Waals surface area contributed by atoms with Gasteiger partial charge in [0.05, 0.1) is 12.3 Å². The van der Waals surface area contributed by atoms with Crippen LogP contribution in [0.15, 0.2) is 38.0 Å². The Labute approximate surface area is 108 Å². The Morgan fingerprint density at radius 3 is 2.82 bits per heavy atom. The topological polar surface area (TPSA) is 47.5 Å². The molecule has 2 aromatic heterocycles. The van der Waals surface area contributed by atoms with Crippen molar-refractivity contribution in [1.82, 2.24) is 5.32 Å². The Hall–Kier alpha value is -1.04. The average molecular weight is 300 g/mol. The summed E-state index contributed by atoms with van der Waals surface area (Å²) in [6.45, 7) is 0.475. The number of rotatable bonds is 5. The van der Waals surface area contributed by atoms with Gasteiger partial charge in [-0.2, -0.15) is 0 Å². The largest absolute Gasteiger partial charge is 0.462 e. The summed E-state index contributed by atoms with van der Waals surface area (Å²) in [5.74, 6) is 1.64. The first-order valence-corrected chi connectivity index (χ1v) is 6.03. The Morgan fingerprint density at radius 1 is 1.41 bits per heavy atom. The molecule has 0 aromatic carbocycles. The number of nitrogens with one attached hydrogen (secondary N) is 1. The van der Waals surface area contributed by atoms with E-state index in [4.69, 9.17) is 13.6 Å². The van der Waals surface area contributed by atoms with Crippen LogP contribution in [0.4, 0.5) is 0 Å². The van der Waals surface area contributed by atoms with E-state index >= 15 is 0 Å². The molecule has 92 valence electrons. The van der Waals surface area contributed by atoms with E-state index in [9.17, 15) is 0 Å². The smallest absolute Gasteiger partial charge is 0.174 e. The first-order valence-electron chi connectivity index (χ1n) is 5.24. The highest BCUT2D eigenvalue weighted by Gasteiger charge is 2.20. The van der Waals surface area contributed by atoms with E-state index in [1.165, 1.54) is 0 Å². The minimum Gasteiger partial charge on any atom is -0.462 e. The summed E-state index contributed by atoms with van der Waals surface area (Å²) >= 11 is 3.37. The molecule has 0 radical (unpaired) electrons. The van der Waals surface area contributed by atoms with Crippen molar-refractivity contribution in [3.8, 4) is 0 Å². The van der Waals surface area contributed by atoms with Gasteiger partial charge in [0, 0.05) is 12.7 Å². The molecule has 2 rings (SSSR count). The second-order valence-corrected chi connectivity index (χ2v) is 4.33. The number of ether oxygens (including phenoxy) is 1. The summed E-state index contributed by atoms with van der Waals surface area (Å²) in [5.41, 5.74) is 1.01. The van der Waals surface area contributed by atoms with Crippen LogP contribution in [0.1, 0.15) is 23.1 Å². The van der Waals surface area contributed by atoms with Gasteiger partial charge in [-0.15, -0.1) is 0 Å². The molecule has 0 aliphatic heterocycles. The molecular formula is C12H14BrNO3. The predicted molar refractivity (Wildman–Crippen MR) is 66.7 cm³/mol. The summed E-state index contributed by atoms with van der Waals surface area (Å²) < 4.78 is 16.7. The van der Waals surface area contributed by atoms with Gasteiger partial charge >= 0.3 is 0 Å². The number of methoxy groups -OCH3 is 1. The molecule has 0 saturated heterocycles. The third-order valence-electron chi connectivity index (χ3n) is 2.50. The van der Waals surface area contributed by atoms with Gasteiger partial charge < -0.3 is 18.9 Å². The molecule has 1 N–H and O–H groups in total. The molecule has 2 heterocycles. The minimum atomic E-state index is -0.0336. The van der Waals surface area contributed by atoms with Gasteiger partial charge in [0.15, 0.2) is 4.67 Å². The van der Waals surface area contributed by atoms with E-state index in [-0.39, 0.29) is 6.04 Å². The molecule has 17 heavy (non-hydrogen) atoms. The van der Waals surface area contributed by atoms with Crippen molar-refractivity contribution in [3.63, 3.8) is 0 Å². The number of halogens is 1. The fourth-order valence-electron chi connectivity index (χ4n) is 1.73. The summed E-state index contributed by atoms with van der Waals surface area (Å²) in [5, 5.41) is 3.19. The zero-order chi connectivity index (χ0) is 12.3. The molecule has 0 spiro atoms. The third-order valence-corrected chi connectivity index (χ3v) is 3.14. The van der Waals surface area contributed by atoms with E-state index in [0.717, 1.165) is 17.1 Å². The minimum absolute atomic E-state index is 0.0336.